The van der Waals surface area contributed by atoms with Gasteiger partial charge in [0.2, 0.25) is 11.9 Å². The molecular formula is C98H64N8. The molecule has 15 aromatic carbocycles. The summed E-state index contributed by atoms with van der Waals surface area (Å²) < 4.78 is 9.36. The number of hydrogen-bond donors (Lipinski definition) is 0. The van der Waals surface area contributed by atoms with Crippen molar-refractivity contribution in [2.24, 2.45) is 0 Å². The second-order valence-electron chi connectivity index (χ2n) is 26.9. The van der Waals surface area contributed by atoms with E-state index in [2.05, 4.69) is 400 Å². The van der Waals surface area contributed by atoms with Crippen LogP contribution in [0, 0.1) is 0 Å². The molecule has 21 rings (SSSR count). The Morgan fingerprint density at radius 3 is 0.745 bits per heavy atom. The Bertz CT molecular complexity index is 6780. The number of hydrogen-bond acceptors (Lipinski definition) is 4. The molecule has 106 heavy (non-hydrogen) atoms. The Kier molecular flexibility index (Phi) is 15.0. The van der Waals surface area contributed by atoms with E-state index in [4.69, 9.17) is 19.9 Å². The maximum atomic E-state index is 5.45. The molecule has 0 radical (unpaired) electrons. The first-order chi connectivity index (χ1) is 52.6. The minimum absolute atomic E-state index is 0.625. The van der Waals surface area contributed by atoms with E-state index in [1.165, 1.54) is 49.4 Å². The molecular weight excluding hydrogens is 1290 g/mol. The topological polar surface area (TPSA) is 71.3 Å². The summed E-state index contributed by atoms with van der Waals surface area (Å²) in [6, 6.07) is 137. The molecule has 0 aliphatic heterocycles. The molecule has 496 valence electrons. The number of para-hydroxylation sites is 6. The van der Waals surface area contributed by atoms with E-state index in [9.17, 15) is 0 Å². The van der Waals surface area contributed by atoms with Gasteiger partial charge in [-0.2, -0.15) is 0 Å². The van der Waals surface area contributed by atoms with E-state index >= 15 is 0 Å². The van der Waals surface area contributed by atoms with Gasteiger partial charge in [0.1, 0.15) is 0 Å². The van der Waals surface area contributed by atoms with Gasteiger partial charge in [-0.05, 0) is 100 Å². The highest BCUT2D eigenvalue weighted by Gasteiger charge is 2.26. The van der Waals surface area contributed by atoms with Crippen molar-refractivity contribution in [2.75, 3.05) is 0 Å². The zero-order chi connectivity index (χ0) is 70.0. The summed E-state index contributed by atoms with van der Waals surface area (Å²) in [5.41, 5.74) is 25.7. The van der Waals surface area contributed by atoms with Crippen molar-refractivity contribution < 1.29 is 0 Å². The third-order valence-electron chi connectivity index (χ3n) is 20.7. The second kappa shape index (κ2) is 25.9. The fourth-order valence-corrected chi connectivity index (χ4v) is 15.8. The van der Waals surface area contributed by atoms with Crippen LogP contribution in [0.5, 0.6) is 0 Å². The zero-order valence-corrected chi connectivity index (χ0v) is 57.5. The van der Waals surface area contributed by atoms with Gasteiger partial charge in [-0.15, -0.1) is 0 Å². The van der Waals surface area contributed by atoms with Crippen LogP contribution >= 0.6 is 0 Å². The smallest absolute Gasteiger partial charge is 0.235 e. The van der Waals surface area contributed by atoms with Gasteiger partial charge >= 0.3 is 0 Å². The average molecular weight is 1350 g/mol. The summed E-state index contributed by atoms with van der Waals surface area (Å²) in [6.45, 7) is 0. The predicted molar refractivity (Wildman–Crippen MR) is 439 cm³/mol. The van der Waals surface area contributed by atoms with Crippen LogP contribution in [0.25, 0.3) is 189 Å². The van der Waals surface area contributed by atoms with Crippen LogP contribution < -0.4 is 0 Å². The summed E-state index contributed by atoms with van der Waals surface area (Å²) in [5.74, 6) is 1.26. The van der Waals surface area contributed by atoms with Crippen LogP contribution in [-0.2, 0) is 0 Å². The molecule has 0 fully saturated rings. The van der Waals surface area contributed by atoms with E-state index in [1.54, 1.807) is 0 Å². The zero-order valence-electron chi connectivity index (χ0n) is 57.5. The maximum Gasteiger partial charge on any atom is 0.235 e. The molecule has 0 aliphatic rings. The summed E-state index contributed by atoms with van der Waals surface area (Å²) in [4.78, 5) is 21.7. The van der Waals surface area contributed by atoms with Crippen LogP contribution in [0.4, 0.5) is 0 Å². The van der Waals surface area contributed by atoms with Crippen molar-refractivity contribution in [2.45, 2.75) is 0 Å². The van der Waals surface area contributed by atoms with Crippen molar-refractivity contribution in [1.29, 1.82) is 0 Å². The van der Waals surface area contributed by atoms with Gasteiger partial charge in [-0.1, -0.05) is 322 Å². The van der Waals surface area contributed by atoms with E-state index < -0.39 is 0 Å². The fourth-order valence-electron chi connectivity index (χ4n) is 15.8. The van der Waals surface area contributed by atoms with Crippen LogP contribution in [0.15, 0.2) is 388 Å². The highest BCUT2D eigenvalue weighted by Crippen LogP contribution is 2.45. The lowest BCUT2D eigenvalue weighted by Crippen LogP contribution is -2.05. The SMILES string of the molecule is c1ccc(-c2ccc(-c3cc(-c4ccc(-c5ccccc5)cc4)nc(-n4c5ccccc5c5ccc6c7ccccc7n(-c7ccccc7)c6c54)n3)cc2)cc1.c1ccc(-c2cccc(-c3cc(-c4ccccc4)nc(-n4c5ccccc5c5ccc6c7ccccc7n(-c7ccccc7)c6c54)n3)c2)cc1. The first-order valence-corrected chi connectivity index (χ1v) is 35.9. The summed E-state index contributed by atoms with van der Waals surface area (Å²) in [5, 5.41) is 9.43. The van der Waals surface area contributed by atoms with Crippen molar-refractivity contribution in [1.82, 2.24) is 38.2 Å². The molecule has 0 atom stereocenters. The van der Waals surface area contributed by atoms with Gasteiger partial charge in [0, 0.05) is 76.7 Å². The van der Waals surface area contributed by atoms with Gasteiger partial charge in [0.25, 0.3) is 0 Å². The highest BCUT2D eigenvalue weighted by atomic mass is 15.2. The average Bonchev–Trinajstić information content (AvgIpc) is 1.55. The molecule has 0 unspecified atom stereocenters. The molecule has 0 N–H and O–H groups in total. The lowest BCUT2D eigenvalue weighted by molar-refractivity contribution is 0.995. The van der Waals surface area contributed by atoms with Crippen LogP contribution in [0.2, 0.25) is 0 Å². The minimum atomic E-state index is 0.625. The summed E-state index contributed by atoms with van der Waals surface area (Å²) >= 11 is 0. The van der Waals surface area contributed by atoms with Crippen LogP contribution in [-0.4, -0.2) is 38.2 Å². The van der Waals surface area contributed by atoms with Crippen molar-refractivity contribution in [3.8, 4) is 102 Å². The fraction of sp³-hybridized carbons (Fsp3) is 0. The van der Waals surface area contributed by atoms with E-state index in [-0.39, 0.29) is 0 Å². The summed E-state index contributed by atoms with van der Waals surface area (Å²) in [6.07, 6.45) is 0. The number of aromatic nitrogens is 8. The monoisotopic (exact) mass is 1350 g/mol. The molecule has 0 bridgehead atoms. The first kappa shape index (κ1) is 61.5. The third kappa shape index (κ3) is 10.6. The van der Waals surface area contributed by atoms with Crippen LogP contribution in [0.1, 0.15) is 0 Å². The first-order valence-electron chi connectivity index (χ1n) is 35.9. The number of nitrogens with zero attached hydrogens (tertiary/aromatic N) is 8. The highest BCUT2D eigenvalue weighted by molar-refractivity contribution is 6.25. The lowest BCUT2D eigenvalue weighted by atomic mass is 10.0. The maximum absolute atomic E-state index is 5.45. The van der Waals surface area contributed by atoms with Gasteiger partial charge in [-0.25, -0.2) is 19.9 Å². The molecule has 0 aliphatic carbocycles. The van der Waals surface area contributed by atoms with Gasteiger partial charge < -0.3 is 9.13 Å². The van der Waals surface area contributed by atoms with Crippen molar-refractivity contribution in [3.63, 3.8) is 0 Å². The Labute approximate surface area is 611 Å². The van der Waals surface area contributed by atoms with Crippen molar-refractivity contribution >= 4 is 87.2 Å². The van der Waals surface area contributed by atoms with E-state index in [0.717, 1.165) is 128 Å². The quantitative estimate of drug-likeness (QED) is 0.129. The molecule has 0 saturated carbocycles. The molecule has 6 aromatic heterocycles. The van der Waals surface area contributed by atoms with E-state index in [1.807, 2.05) is 6.07 Å². The predicted octanol–water partition coefficient (Wildman–Crippen LogP) is 25.0. The third-order valence-corrected chi connectivity index (χ3v) is 20.7. The molecule has 0 spiro atoms. The summed E-state index contributed by atoms with van der Waals surface area (Å²) in [7, 11) is 0. The molecule has 0 amide bonds. The van der Waals surface area contributed by atoms with Gasteiger partial charge in [-0.3, -0.25) is 9.13 Å². The molecule has 21 aromatic rings. The van der Waals surface area contributed by atoms with Crippen LogP contribution in [0.3, 0.4) is 0 Å². The number of fused-ring (bicyclic) bond motifs is 14. The van der Waals surface area contributed by atoms with Crippen molar-refractivity contribution in [3.05, 3.63) is 388 Å². The molecule has 8 nitrogen and oxygen atoms in total. The Morgan fingerprint density at radius 2 is 0.387 bits per heavy atom. The molecule has 6 heterocycles. The largest absolute Gasteiger partial charge is 0.307 e. The number of benzene rings is 15. The normalized spacial score (nSPS) is 11.6. The standard InChI is InChI=1S/C52H34N4.C46H30N4/c1-4-14-35(15-5-1)37-24-28-39(29-25-37)46-34-47(40-30-26-38(27-31-40)36-16-6-2-7-17-36)54-52(53-46)56-49-23-13-11-21-43(49)45-33-32-44-42-20-10-12-22-48(42)55(50(44)51(45)56)41-18-8-3-9-19-41;1-4-15-31(16-5-1)33-19-14-20-34(29-33)41-30-40(32-17-6-2-7-18-32)47-46(48-41)50-43-26-13-11-24-37(43)39-28-27-38-36-23-10-12-25-42(36)49(44(38)45(39)50)35-21-8-3-9-22-35/h1-34H;1-30H. The Hall–Kier alpha value is -14.3. The molecule has 8 heteroatoms. The minimum Gasteiger partial charge on any atom is -0.307 e. The van der Waals surface area contributed by atoms with E-state index in [0.29, 0.717) is 11.9 Å². The molecule has 0 saturated heterocycles. The number of rotatable bonds is 11. The lowest BCUT2D eigenvalue weighted by Gasteiger charge is -2.14. The van der Waals surface area contributed by atoms with Gasteiger partial charge in [0.05, 0.1) is 66.9 Å². The van der Waals surface area contributed by atoms with Gasteiger partial charge in [0.15, 0.2) is 0 Å². The second-order valence-corrected chi connectivity index (χ2v) is 26.9. The Morgan fingerprint density at radius 1 is 0.151 bits per heavy atom. The Balaban J connectivity index is 0.000000141.